The molecule has 1 aromatic heterocycles. The Morgan fingerprint density at radius 3 is 2.39 bits per heavy atom. The highest BCUT2D eigenvalue weighted by Gasteiger charge is 2.30. The molecule has 0 saturated carbocycles. The van der Waals surface area contributed by atoms with Gasteiger partial charge in [0.25, 0.3) is 0 Å². The van der Waals surface area contributed by atoms with E-state index in [1.54, 1.807) is 54.7 Å². The smallest absolute Gasteiger partial charge is 0.316 e. The molecule has 0 atom stereocenters. The SMILES string of the molecule is CC(C)(CCl)COc1c(N2CCN(S(=O)(=O)Cc3ccc(N)cc3)CC2)cnn(-c2cccc(Cl)c2)c1=O. The predicted molar refractivity (Wildman–Crippen MR) is 152 cm³/mol. The fourth-order valence-electron chi connectivity index (χ4n) is 4.01. The number of anilines is 2. The number of ether oxygens (including phenoxy) is 1. The monoisotopic (exact) mass is 579 g/mol. The second-order valence-electron chi connectivity index (χ2n) is 10.0. The number of nitrogens with two attached hydrogens (primary N) is 1. The second-order valence-corrected chi connectivity index (χ2v) is 12.7. The molecule has 204 valence electrons. The van der Waals surface area contributed by atoms with Crippen molar-refractivity contribution < 1.29 is 13.2 Å². The quantitative estimate of drug-likeness (QED) is 0.303. The number of nitrogens with zero attached hydrogens (tertiary/aromatic N) is 4. The molecule has 0 bridgehead atoms. The molecule has 1 saturated heterocycles. The molecule has 3 aromatic rings. The predicted octanol–water partition coefficient (Wildman–Crippen LogP) is 3.76. The molecule has 0 amide bonds. The van der Waals surface area contributed by atoms with Crippen molar-refractivity contribution in [1.82, 2.24) is 14.1 Å². The van der Waals surface area contributed by atoms with Crippen molar-refractivity contribution in [3.63, 3.8) is 0 Å². The molecule has 9 nitrogen and oxygen atoms in total. The lowest BCUT2D eigenvalue weighted by atomic mass is 9.98. The van der Waals surface area contributed by atoms with Gasteiger partial charge in [-0.25, -0.2) is 8.42 Å². The molecule has 38 heavy (non-hydrogen) atoms. The summed E-state index contributed by atoms with van der Waals surface area (Å²) in [7, 11) is -3.53. The number of alkyl halides is 1. The topological polar surface area (TPSA) is 111 Å². The molecular formula is C26H31Cl2N5O4S. The van der Waals surface area contributed by atoms with E-state index < -0.39 is 15.6 Å². The lowest BCUT2D eigenvalue weighted by Gasteiger charge is -2.36. The second kappa shape index (κ2) is 11.5. The van der Waals surface area contributed by atoms with Crippen LogP contribution in [0.5, 0.6) is 5.75 Å². The largest absolute Gasteiger partial charge is 0.486 e. The van der Waals surface area contributed by atoms with Gasteiger partial charge in [-0.15, -0.1) is 11.6 Å². The average Bonchev–Trinajstić information content (AvgIpc) is 2.89. The maximum atomic E-state index is 13.6. The molecular weight excluding hydrogens is 549 g/mol. The van der Waals surface area contributed by atoms with Gasteiger partial charge in [0.15, 0.2) is 0 Å². The van der Waals surface area contributed by atoms with Crippen molar-refractivity contribution in [2.75, 3.05) is 49.3 Å². The summed E-state index contributed by atoms with van der Waals surface area (Å²) in [6.07, 6.45) is 1.57. The molecule has 2 N–H and O–H groups in total. The Morgan fingerprint density at radius 2 is 1.76 bits per heavy atom. The zero-order valence-corrected chi connectivity index (χ0v) is 23.6. The highest BCUT2D eigenvalue weighted by atomic mass is 35.5. The molecule has 0 radical (unpaired) electrons. The van der Waals surface area contributed by atoms with Gasteiger partial charge >= 0.3 is 5.56 Å². The Balaban J connectivity index is 1.57. The minimum atomic E-state index is -3.53. The first-order valence-electron chi connectivity index (χ1n) is 12.1. The Bertz CT molecular complexity index is 1440. The van der Waals surface area contributed by atoms with Crippen molar-refractivity contribution in [2.24, 2.45) is 5.41 Å². The van der Waals surface area contributed by atoms with Crippen LogP contribution in [0.2, 0.25) is 5.02 Å². The summed E-state index contributed by atoms with van der Waals surface area (Å²) in [5, 5.41) is 4.85. The number of halogens is 2. The number of nitrogen functional groups attached to an aromatic ring is 1. The molecule has 1 fully saturated rings. The van der Waals surface area contributed by atoms with Gasteiger partial charge in [-0.1, -0.05) is 43.6 Å². The number of sulfonamides is 1. The van der Waals surface area contributed by atoms with Crippen LogP contribution in [0, 0.1) is 5.41 Å². The first-order valence-corrected chi connectivity index (χ1v) is 14.7. The van der Waals surface area contributed by atoms with Crippen molar-refractivity contribution in [2.45, 2.75) is 19.6 Å². The molecule has 0 aliphatic carbocycles. The number of piperazine rings is 1. The number of benzene rings is 2. The molecule has 4 rings (SSSR count). The van der Waals surface area contributed by atoms with E-state index in [2.05, 4.69) is 5.10 Å². The Morgan fingerprint density at radius 1 is 1.08 bits per heavy atom. The van der Waals surface area contributed by atoms with Crippen LogP contribution in [0.4, 0.5) is 11.4 Å². The van der Waals surface area contributed by atoms with Gasteiger partial charge in [0.1, 0.15) is 5.69 Å². The molecule has 1 aliphatic rings. The van der Waals surface area contributed by atoms with Gasteiger partial charge in [-0.3, -0.25) is 4.79 Å². The van der Waals surface area contributed by atoms with E-state index in [0.29, 0.717) is 46.6 Å². The maximum Gasteiger partial charge on any atom is 0.316 e. The van der Waals surface area contributed by atoms with Crippen LogP contribution in [0.25, 0.3) is 5.69 Å². The van der Waals surface area contributed by atoms with Gasteiger partial charge in [-0.05, 0) is 35.9 Å². The molecule has 1 aliphatic heterocycles. The number of aromatic nitrogens is 2. The van der Waals surface area contributed by atoms with Crippen molar-refractivity contribution in [3.05, 3.63) is 75.7 Å². The first kappa shape index (κ1) is 28.2. The Kier molecular flexibility index (Phi) is 8.56. The van der Waals surface area contributed by atoms with E-state index in [1.165, 1.54) is 8.99 Å². The summed E-state index contributed by atoms with van der Waals surface area (Å²) in [5.41, 5.74) is 7.18. The van der Waals surface area contributed by atoms with Crippen LogP contribution in [-0.4, -0.2) is 61.2 Å². The van der Waals surface area contributed by atoms with E-state index in [9.17, 15) is 13.2 Å². The molecule has 0 unspecified atom stereocenters. The van der Waals surface area contributed by atoms with Gasteiger partial charge in [0, 0.05) is 48.2 Å². The summed E-state index contributed by atoms with van der Waals surface area (Å²) in [4.78, 5) is 15.5. The van der Waals surface area contributed by atoms with Crippen LogP contribution < -0.4 is 20.9 Å². The highest BCUT2D eigenvalue weighted by Crippen LogP contribution is 2.29. The van der Waals surface area contributed by atoms with Crippen LogP contribution in [0.1, 0.15) is 19.4 Å². The average molecular weight is 581 g/mol. The van der Waals surface area contributed by atoms with Gasteiger partial charge < -0.3 is 15.4 Å². The first-order chi connectivity index (χ1) is 18.0. The van der Waals surface area contributed by atoms with E-state index in [4.69, 9.17) is 33.7 Å². The zero-order valence-electron chi connectivity index (χ0n) is 21.3. The number of rotatable bonds is 9. The Hall–Kier alpha value is -2.79. The van der Waals surface area contributed by atoms with Crippen molar-refractivity contribution >= 4 is 44.6 Å². The summed E-state index contributed by atoms with van der Waals surface area (Å²) in [5.74, 6) is 0.378. The third-order valence-corrected chi connectivity index (χ3v) is 9.05. The van der Waals surface area contributed by atoms with Gasteiger partial charge in [-0.2, -0.15) is 14.1 Å². The van der Waals surface area contributed by atoms with Gasteiger partial charge in [0.2, 0.25) is 15.8 Å². The van der Waals surface area contributed by atoms with Crippen molar-refractivity contribution in [3.8, 4) is 11.4 Å². The van der Waals surface area contributed by atoms with E-state index in [-0.39, 0.29) is 36.6 Å². The minimum Gasteiger partial charge on any atom is -0.486 e. The van der Waals surface area contributed by atoms with Crippen LogP contribution in [-0.2, 0) is 15.8 Å². The lowest BCUT2D eigenvalue weighted by Crippen LogP contribution is -2.49. The van der Waals surface area contributed by atoms with E-state index in [1.807, 2.05) is 18.7 Å². The van der Waals surface area contributed by atoms with Gasteiger partial charge in [0.05, 0.1) is 24.2 Å². The van der Waals surface area contributed by atoms with Crippen LogP contribution in [0.15, 0.2) is 59.5 Å². The van der Waals surface area contributed by atoms with E-state index in [0.717, 1.165) is 0 Å². The standard InChI is InChI=1S/C26H31Cl2N5O4S/c1-26(2,17-27)18-37-24-23(15-30-33(25(24)34)22-5-3-4-20(28)14-22)31-10-12-32(13-11-31)38(35,36)16-19-6-8-21(29)9-7-19/h3-9,14-15H,10-13,16-18,29H2,1-2H3. The number of hydrogen-bond acceptors (Lipinski definition) is 7. The number of hydrogen-bond donors (Lipinski definition) is 1. The summed E-state index contributed by atoms with van der Waals surface area (Å²) < 4.78 is 34.9. The zero-order chi connectivity index (χ0) is 27.5. The fraction of sp³-hybridized carbons (Fsp3) is 0.385. The normalized spacial score (nSPS) is 15.0. The van der Waals surface area contributed by atoms with Crippen LogP contribution in [0.3, 0.4) is 0 Å². The fourth-order valence-corrected chi connectivity index (χ4v) is 5.79. The summed E-state index contributed by atoms with van der Waals surface area (Å²) >= 11 is 12.2. The third kappa shape index (κ3) is 6.61. The molecule has 12 heteroatoms. The Labute approximate surface area is 232 Å². The summed E-state index contributed by atoms with van der Waals surface area (Å²) in [6.45, 7) is 5.38. The van der Waals surface area contributed by atoms with Crippen molar-refractivity contribution in [1.29, 1.82) is 0 Å². The highest BCUT2D eigenvalue weighted by molar-refractivity contribution is 7.88. The molecule has 0 spiro atoms. The minimum absolute atomic E-state index is 0.105. The third-order valence-electron chi connectivity index (χ3n) is 6.24. The van der Waals surface area contributed by atoms with Crippen LogP contribution >= 0.6 is 23.2 Å². The maximum absolute atomic E-state index is 13.6. The molecule has 2 heterocycles. The summed E-state index contributed by atoms with van der Waals surface area (Å²) in [6, 6.07) is 13.6. The van der Waals surface area contributed by atoms with E-state index >= 15 is 0 Å². The lowest BCUT2D eigenvalue weighted by molar-refractivity contribution is 0.197. The molecule has 2 aromatic carbocycles.